The molecule has 3 nitrogen and oxygen atoms in total. The van der Waals surface area contributed by atoms with Gasteiger partial charge in [-0.15, -0.1) is 11.3 Å². The monoisotopic (exact) mass is 296 g/mol. The Morgan fingerprint density at radius 1 is 1.19 bits per heavy atom. The van der Waals surface area contributed by atoms with Crippen LogP contribution in [0, 0.1) is 17.1 Å². The van der Waals surface area contributed by atoms with Crippen LogP contribution in [0.3, 0.4) is 0 Å². The summed E-state index contributed by atoms with van der Waals surface area (Å²) in [5, 5.41) is 12.5. The fraction of sp³-hybridized carbons (Fsp3) is 0. The molecule has 102 valence electrons. The van der Waals surface area contributed by atoms with E-state index in [1.165, 1.54) is 29.5 Å². The van der Waals surface area contributed by atoms with E-state index in [2.05, 4.69) is 5.32 Å². The zero-order valence-corrected chi connectivity index (χ0v) is 11.6. The molecule has 1 heterocycles. The van der Waals surface area contributed by atoms with Crippen LogP contribution in [0.1, 0.15) is 15.2 Å². The molecule has 3 aromatic rings. The minimum Gasteiger partial charge on any atom is -0.320 e. The van der Waals surface area contributed by atoms with Crippen LogP contribution < -0.4 is 5.32 Å². The Morgan fingerprint density at radius 2 is 2.00 bits per heavy atom. The average molecular weight is 296 g/mol. The lowest BCUT2D eigenvalue weighted by molar-refractivity contribution is 0.103. The standard InChI is InChI=1S/C16H9FN2OS/c17-12-5-3-6-13(11(12)9-18)19-16(20)15-8-10-4-1-2-7-14(10)21-15/h1-8H,(H,19,20). The lowest BCUT2D eigenvalue weighted by Gasteiger charge is -2.05. The van der Waals surface area contributed by atoms with Gasteiger partial charge in [0.05, 0.1) is 10.6 Å². The van der Waals surface area contributed by atoms with Crippen molar-refractivity contribution < 1.29 is 9.18 Å². The third-order valence-electron chi connectivity index (χ3n) is 3.02. The second-order valence-electron chi connectivity index (χ2n) is 4.38. The van der Waals surface area contributed by atoms with Gasteiger partial charge < -0.3 is 5.32 Å². The van der Waals surface area contributed by atoms with E-state index < -0.39 is 5.82 Å². The Kier molecular flexibility index (Phi) is 3.38. The van der Waals surface area contributed by atoms with Crippen LogP contribution in [0.15, 0.2) is 48.5 Å². The third kappa shape index (κ3) is 2.49. The van der Waals surface area contributed by atoms with Gasteiger partial charge in [0.1, 0.15) is 17.4 Å². The summed E-state index contributed by atoms with van der Waals surface area (Å²) in [4.78, 5) is 12.7. The molecule has 2 aromatic carbocycles. The maximum atomic E-state index is 13.5. The SMILES string of the molecule is N#Cc1c(F)cccc1NC(=O)c1cc2ccccc2s1. The summed E-state index contributed by atoms with van der Waals surface area (Å²) in [7, 11) is 0. The smallest absolute Gasteiger partial charge is 0.265 e. The van der Waals surface area contributed by atoms with Gasteiger partial charge in [0, 0.05) is 4.70 Å². The molecule has 0 atom stereocenters. The minimum atomic E-state index is -0.647. The Labute approximate surface area is 124 Å². The molecule has 0 saturated heterocycles. The summed E-state index contributed by atoms with van der Waals surface area (Å²) in [6.45, 7) is 0. The first-order valence-electron chi connectivity index (χ1n) is 6.17. The van der Waals surface area contributed by atoms with Crippen molar-refractivity contribution in [2.45, 2.75) is 0 Å². The van der Waals surface area contributed by atoms with E-state index in [-0.39, 0.29) is 17.2 Å². The molecule has 3 rings (SSSR count). The van der Waals surface area contributed by atoms with Gasteiger partial charge in [0.2, 0.25) is 0 Å². The van der Waals surface area contributed by atoms with Crippen LogP contribution in [0.5, 0.6) is 0 Å². The summed E-state index contributed by atoms with van der Waals surface area (Å²) < 4.78 is 14.5. The fourth-order valence-electron chi connectivity index (χ4n) is 2.02. The van der Waals surface area contributed by atoms with Crippen LogP contribution in [-0.2, 0) is 0 Å². The second-order valence-corrected chi connectivity index (χ2v) is 5.46. The molecule has 0 aliphatic rings. The first kappa shape index (κ1) is 13.3. The van der Waals surface area contributed by atoms with Gasteiger partial charge in [-0.1, -0.05) is 24.3 Å². The Balaban J connectivity index is 1.93. The molecule has 1 aromatic heterocycles. The quantitative estimate of drug-likeness (QED) is 0.771. The molecule has 0 fully saturated rings. The molecule has 0 aliphatic heterocycles. The number of fused-ring (bicyclic) bond motifs is 1. The number of hydrogen-bond donors (Lipinski definition) is 1. The van der Waals surface area contributed by atoms with Crippen LogP contribution in [-0.4, -0.2) is 5.91 Å². The number of nitrogens with one attached hydrogen (secondary N) is 1. The number of nitrogens with zero attached hydrogens (tertiary/aromatic N) is 1. The number of rotatable bonds is 2. The van der Waals surface area contributed by atoms with Crippen LogP contribution in [0.25, 0.3) is 10.1 Å². The van der Waals surface area contributed by atoms with E-state index in [0.717, 1.165) is 10.1 Å². The van der Waals surface area contributed by atoms with E-state index in [1.807, 2.05) is 24.3 Å². The molecule has 0 unspecified atom stereocenters. The predicted molar refractivity (Wildman–Crippen MR) is 80.9 cm³/mol. The number of carbonyl (C=O) groups is 1. The van der Waals surface area contributed by atoms with Gasteiger partial charge in [0.15, 0.2) is 0 Å². The number of thiophene rings is 1. The number of hydrogen-bond acceptors (Lipinski definition) is 3. The van der Waals surface area contributed by atoms with Crippen molar-refractivity contribution in [3.05, 3.63) is 64.8 Å². The molecular formula is C16H9FN2OS. The zero-order chi connectivity index (χ0) is 14.8. The molecule has 0 spiro atoms. The lowest BCUT2D eigenvalue weighted by Crippen LogP contribution is -2.11. The van der Waals surface area contributed by atoms with Crippen molar-refractivity contribution in [1.29, 1.82) is 5.26 Å². The van der Waals surface area contributed by atoms with E-state index >= 15 is 0 Å². The number of anilines is 1. The Bertz CT molecular complexity index is 846. The first-order valence-corrected chi connectivity index (χ1v) is 6.99. The summed E-state index contributed by atoms with van der Waals surface area (Å²) in [5.41, 5.74) is 0.0203. The maximum absolute atomic E-state index is 13.5. The number of carbonyl (C=O) groups excluding carboxylic acids is 1. The summed E-state index contributed by atoms with van der Waals surface area (Å²) in [5.74, 6) is -0.995. The van der Waals surface area contributed by atoms with Gasteiger partial charge >= 0.3 is 0 Å². The fourth-order valence-corrected chi connectivity index (χ4v) is 2.98. The molecule has 0 saturated carbocycles. The van der Waals surface area contributed by atoms with Gasteiger partial charge in [-0.05, 0) is 29.7 Å². The molecule has 0 aliphatic carbocycles. The van der Waals surface area contributed by atoms with E-state index in [0.29, 0.717) is 4.88 Å². The number of benzene rings is 2. The van der Waals surface area contributed by atoms with Crippen LogP contribution in [0.4, 0.5) is 10.1 Å². The highest BCUT2D eigenvalue weighted by Crippen LogP contribution is 2.26. The highest BCUT2D eigenvalue weighted by molar-refractivity contribution is 7.20. The largest absolute Gasteiger partial charge is 0.320 e. The number of halogens is 1. The van der Waals surface area contributed by atoms with Crippen molar-refractivity contribution in [3.63, 3.8) is 0 Å². The van der Waals surface area contributed by atoms with E-state index in [4.69, 9.17) is 5.26 Å². The third-order valence-corrected chi connectivity index (χ3v) is 4.14. The average Bonchev–Trinajstić information content (AvgIpc) is 2.91. The predicted octanol–water partition coefficient (Wildman–Crippen LogP) is 4.16. The maximum Gasteiger partial charge on any atom is 0.265 e. The topological polar surface area (TPSA) is 52.9 Å². The highest BCUT2D eigenvalue weighted by atomic mass is 32.1. The van der Waals surface area contributed by atoms with Crippen molar-refractivity contribution in [2.24, 2.45) is 0 Å². The second kappa shape index (κ2) is 5.35. The van der Waals surface area contributed by atoms with Crippen molar-refractivity contribution in [1.82, 2.24) is 0 Å². The molecule has 21 heavy (non-hydrogen) atoms. The summed E-state index contributed by atoms with van der Waals surface area (Å²) >= 11 is 1.35. The molecule has 0 bridgehead atoms. The Hall–Kier alpha value is -2.71. The lowest BCUT2D eigenvalue weighted by atomic mass is 10.2. The number of nitriles is 1. The van der Waals surface area contributed by atoms with E-state index in [9.17, 15) is 9.18 Å². The van der Waals surface area contributed by atoms with Gasteiger partial charge in [-0.25, -0.2) is 4.39 Å². The van der Waals surface area contributed by atoms with Crippen LogP contribution >= 0.6 is 11.3 Å². The molecule has 5 heteroatoms. The van der Waals surface area contributed by atoms with Crippen LogP contribution in [0.2, 0.25) is 0 Å². The number of amides is 1. The van der Waals surface area contributed by atoms with Crippen molar-refractivity contribution >= 4 is 33.0 Å². The van der Waals surface area contributed by atoms with E-state index in [1.54, 1.807) is 12.1 Å². The highest BCUT2D eigenvalue weighted by Gasteiger charge is 2.14. The van der Waals surface area contributed by atoms with Gasteiger partial charge in [-0.3, -0.25) is 4.79 Å². The summed E-state index contributed by atoms with van der Waals surface area (Å²) in [6.07, 6.45) is 0. The van der Waals surface area contributed by atoms with Gasteiger partial charge in [-0.2, -0.15) is 5.26 Å². The van der Waals surface area contributed by atoms with Crippen molar-refractivity contribution in [3.8, 4) is 6.07 Å². The first-order chi connectivity index (χ1) is 10.2. The van der Waals surface area contributed by atoms with Crippen molar-refractivity contribution in [2.75, 3.05) is 5.32 Å². The minimum absolute atomic E-state index is 0.160. The molecule has 0 radical (unpaired) electrons. The Morgan fingerprint density at radius 3 is 2.76 bits per heavy atom. The normalized spacial score (nSPS) is 10.3. The summed E-state index contributed by atoms with van der Waals surface area (Å²) in [6, 6.07) is 15.3. The molecule has 1 N–H and O–H groups in total. The zero-order valence-electron chi connectivity index (χ0n) is 10.8. The molecular weight excluding hydrogens is 287 g/mol. The van der Waals surface area contributed by atoms with Gasteiger partial charge in [0.25, 0.3) is 5.91 Å². The molecule has 1 amide bonds.